The fraction of sp³-hybridized carbons (Fsp3) is 0.150. The van der Waals surface area contributed by atoms with Crippen LogP contribution in [0.1, 0.15) is 15.9 Å². The Morgan fingerprint density at radius 2 is 2.11 bits per heavy atom. The van der Waals surface area contributed by atoms with Gasteiger partial charge in [-0.2, -0.15) is 5.10 Å². The van der Waals surface area contributed by atoms with Crippen molar-refractivity contribution < 1.29 is 9.59 Å². The minimum absolute atomic E-state index is 0.0890. The van der Waals surface area contributed by atoms with Crippen LogP contribution < -0.4 is 15.5 Å². The van der Waals surface area contributed by atoms with Crippen molar-refractivity contribution >= 4 is 28.9 Å². The molecule has 4 rings (SSSR count). The molecule has 0 spiro atoms. The molecule has 0 fully saturated rings. The average Bonchev–Trinajstić information content (AvgIpc) is 3.14. The second-order valence-electron chi connectivity index (χ2n) is 6.49. The molecule has 2 aromatic carbocycles. The van der Waals surface area contributed by atoms with Gasteiger partial charge in [-0.05, 0) is 42.0 Å². The standard InChI is InChI=1S/C20H19N5O2/c1-24-13-19(26)23-17-11-15(6-7-18(17)24)20(27)22-16-5-2-4-14(10-16)12-25-9-3-8-21-25/h2-11H,12-13H2,1H3,(H,22,27)(H,23,26). The second kappa shape index (κ2) is 6.95. The normalized spacial score (nSPS) is 13.1. The van der Waals surface area contributed by atoms with Gasteiger partial charge in [0.25, 0.3) is 5.91 Å². The van der Waals surface area contributed by atoms with Gasteiger partial charge < -0.3 is 15.5 Å². The van der Waals surface area contributed by atoms with E-state index in [4.69, 9.17) is 0 Å². The van der Waals surface area contributed by atoms with Crippen molar-refractivity contribution in [2.75, 3.05) is 29.1 Å². The summed E-state index contributed by atoms with van der Waals surface area (Å²) in [6.07, 6.45) is 3.63. The average molecular weight is 361 g/mol. The molecule has 27 heavy (non-hydrogen) atoms. The van der Waals surface area contributed by atoms with Gasteiger partial charge in [-0.25, -0.2) is 0 Å². The van der Waals surface area contributed by atoms with Crippen molar-refractivity contribution in [3.8, 4) is 0 Å². The highest BCUT2D eigenvalue weighted by atomic mass is 16.2. The van der Waals surface area contributed by atoms with Crippen molar-refractivity contribution in [2.24, 2.45) is 0 Å². The number of hydrogen-bond acceptors (Lipinski definition) is 4. The Labute approximate surface area is 156 Å². The summed E-state index contributed by atoms with van der Waals surface area (Å²) in [5, 5.41) is 9.92. The minimum atomic E-state index is -0.225. The number of carbonyl (C=O) groups excluding carboxylic acids is 2. The Hall–Kier alpha value is -3.61. The number of amides is 2. The van der Waals surface area contributed by atoms with E-state index < -0.39 is 0 Å². The Balaban J connectivity index is 1.51. The van der Waals surface area contributed by atoms with E-state index in [1.807, 2.05) is 59.2 Å². The lowest BCUT2D eigenvalue weighted by molar-refractivity contribution is -0.115. The maximum Gasteiger partial charge on any atom is 0.255 e. The Kier molecular flexibility index (Phi) is 4.33. The molecular weight excluding hydrogens is 342 g/mol. The highest BCUT2D eigenvalue weighted by Gasteiger charge is 2.20. The summed E-state index contributed by atoms with van der Waals surface area (Å²) < 4.78 is 1.82. The fourth-order valence-electron chi connectivity index (χ4n) is 3.13. The van der Waals surface area contributed by atoms with Crippen LogP contribution in [-0.4, -0.2) is 35.2 Å². The second-order valence-corrected chi connectivity index (χ2v) is 6.49. The van der Waals surface area contributed by atoms with Gasteiger partial charge in [-0.3, -0.25) is 14.3 Å². The minimum Gasteiger partial charge on any atom is -0.364 e. The molecule has 2 heterocycles. The lowest BCUT2D eigenvalue weighted by Gasteiger charge is -2.27. The van der Waals surface area contributed by atoms with Crippen LogP contribution in [0.5, 0.6) is 0 Å². The number of rotatable bonds is 4. The number of carbonyl (C=O) groups is 2. The zero-order chi connectivity index (χ0) is 18.8. The Morgan fingerprint density at radius 3 is 2.93 bits per heavy atom. The number of fused-ring (bicyclic) bond motifs is 1. The predicted molar refractivity (Wildman–Crippen MR) is 104 cm³/mol. The topological polar surface area (TPSA) is 79.3 Å². The lowest BCUT2D eigenvalue weighted by Crippen LogP contribution is -2.35. The first-order valence-corrected chi connectivity index (χ1v) is 8.61. The van der Waals surface area contributed by atoms with Gasteiger partial charge in [0.2, 0.25) is 5.91 Å². The number of aromatic nitrogens is 2. The molecule has 0 radical (unpaired) electrons. The van der Waals surface area contributed by atoms with Gasteiger partial charge in [-0.1, -0.05) is 12.1 Å². The van der Waals surface area contributed by atoms with Gasteiger partial charge in [-0.15, -0.1) is 0 Å². The zero-order valence-electron chi connectivity index (χ0n) is 14.8. The highest BCUT2D eigenvalue weighted by molar-refractivity contribution is 6.07. The van der Waals surface area contributed by atoms with E-state index >= 15 is 0 Å². The zero-order valence-corrected chi connectivity index (χ0v) is 14.8. The van der Waals surface area contributed by atoms with Gasteiger partial charge >= 0.3 is 0 Å². The van der Waals surface area contributed by atoms with Crippen molar-refractivity contribution in [1.29, 1.82) is 0 Å². The van der Waals surface area contributed by atoms with E-state index in [0.717, 1.165) is 11.3 Å². The quantitative estimate of drug-likeness (QED) is 0.749. The number of nitrogens with zero attached hydrogens (tertiary/aromatic N) is 3. The highest BCUT2D eigenvalue weighted by Crippen LogP contribution is 2.29. The summed E-state index contributed by atoms with van der Waals surface area (Å²) in [6, 6.07) is 14.8. The molecule has 0 bridgehead atoms. The summed E-state index contributed by atoms with van der Waals surface area (Å²) in [5.41, 5.74) is 3.78. The number of nitrogens with one attached hydrogen (secondary N) is 2. The monoisotopic (exact) mass is 361 g/mol. The van der Waals surface area contributed by atoms with E-state index in [-0.39, 0.29) is 11.8 Å². The van der Waals surface area contributed by atoms with Crippen LogP contribution in [0.2, 0.25) is 0 Å². The SMILES string of the molecule is CN1CC(=O)Nc2cc(C(=O)Nc3cccc(Cn4cccn4)c3)ccc21. The first kappa shape index (κ1) is 16.8. The van der Waals surface area contributed by atoms with Crippen LogP contribution in [0.15, 0.2) is 60.9 Å². The molecule has 0 atom stereocenters. The number of anilines is 3. The largest absolute Gasteiger partial charge is 0.364 e. The molecule has 0 unspecified atom stereocenters. The van der Waals surface area contributed by atoms with Gasteiger partial charge in [0.1, 0.15) is 0 Å². The van der Waals surface area contributed by atoms with Crippen molar-refractivity contribution in [3.63, 3.8) is 0 Å². The third-order valence-corrected chi connectivity index (χ3v) is 4.41. The molecule has 3 aromatic rings. The number of likely N-dealkylation sites (N-methyl/N-ethyl adjacent to an activating group) is 1. The van der Waals surface area contributed by atoms with Crippen LogP contribution in [-0.2, 0) is 11.3 Å². The van der Waals surface area contributed by atoms with Crippen LogP contribution in [0.25, 0.3) is 0 Å². The number of benzene rings is 2. The van der Waals surface area contributed by atoms with Crippen molar-refractivity contribution in [2.45, 2.75) is 6.54 Å². The lowest BCUT2D eigenvalue weighted by atomic mass is 10.1. The molecule has 7 heteroatoms. The fourth-order valence-corrected chi connectivity index (χ4v) is 3.13. The smallest absolute Gasteiger partial charge is 0.255 e. The molecule has 2 amide bonds. The Morgan fingerprint density at radius 1 is 1.22 bits per heavy atom. The van der Waals surface area contributed by atoms with Crippen LogP contribution in [0, 0.1) is 0 Å². The molecule has 1 aliphatic heterocycles. The summed E-state index contributed by atoms with van der Waals surface area (Å²) in [6.45, 7) is 0.940. The molecule has 0 saturated carbocycles. The summed E-state index contributed by atoms with van der Waals surface area (Å²) in [5.74, 6) is -0.314. The van der Waals surface area contributed by atoms with Gasteiger partial charge in [0, 0.05) is 30.7 Å². The first-order valence-electron chi connectivity index (χ1n) is 8.61. The predicted octanol–water partition coefficient (Wildman–Crippen LogP) is 2.57. The molecule has 7 nitrogen and oxygen atoms in total. The maximum atomic E-state index is 12.6. The first-order chi connectivity index (χ1) is 13.1. The van der Waals surface area contributed by atoms with E-state index in [1.165, 1.54) is 0 Å². The van der Waals surface area contributed by atoms with E-state index in [2.05, 4.69) is 15.7 Å². The molecule has 0 aliphatic carbocycles. The van der Waals surface area contributed by atoms with Crippen LogP contribution in [0.3, 0.4) is 0 Å². The molecule has 1 aromatic heterocycles. The van der Waals surface area contributed by atoms with Crippen molar-refractivity contribution in [3.05, 3.63) is 72.1 Å². The Bertz CT molecular complexity index is 997. The molecule has 0 saturated heterocycles. The van der Waals surface area contributed by atoms with E-state index in [0.29, 0.717) is 30.0 Å². The molecular formula is C20H19N5O2. The maximum absolute atomic E-state index is 12.6. The summed E-state index contributed by atoms with van der Waals surface area (Å²) in [4.78, 5) is 26.2. The third kappa shape index (κ3) is 3.67. The molecule has 136 valence electrons. The summed E-state index contributed by atoms with van der Waals surface area (Å²) >= 11 is 0. The van der Waals surface area contributed by atoms with Gasteiger partial charge in [0.05, 0.1) is 24.5 Å². The van der Waals surface area contributed by atoms with E-state index in [9.17, 15) is 9.59 Å². The van der Waals surface area contributed by atoms with Gasteiger partial charge in [0.15, 0.2) is 0 Å². The van der Waals surface area contributed by atoms with Crippen LogP contribution >= 0.6 is 0 Å². The van der Waals surface area contributed by atoms with Crippen LogP contribution in [0.4, 0.5) is 17.1 Å². The summed E-state index contributed by atoms with van der Waals surface area (Å²) in [7, 11) is 1.85. The van der Waals surface area contributed by atoms with E-state index in [1.54, 1.807) is 18.3 Å². The molecule has 1 aliphatic rings. The number of hydrogen-bond donors (Lipinski definition) is 2. The third-order valence-electron chi connectivity index (χ3n) is 4.41. The van der Waals surface area contributed by atoms with Crippen molar-refractivity contribution in [1.82, 2.24) is 9.78 Å². The molecule has 2 N–H and O–H groups in total.